The maximum atomic E-state index is 13.6. The van der Waals surface area contributed by atoms with Crippen molar-refractivity contribution in [1.82, 2.24) is 9.62 Å². The second-order valence-corrected chi connectivity index (χ2v) is 6.90. The van der Waals surface area contributed by atoms with E-state index >= 15 is 0 Å². The van der Waals surface area contributed by atoms with Gasteiger partial charge < -0.3 is 5.32 Å². The molecule has 120 valence electrons. The van der Waals surface area contributed by atoms with Gasteiger partial charge in [0, 0.05) is 24.7 Å². The number of nitrogens with one attached hydrogen (secondary N) is 1. The predicted octanol–water partition coefficient (Wildman–Crippen LogP) is 2.29. The first-order valence-corrected chi connectivity index (χ1v) is 8.74. The molecule has 0 aliphatic heterocycles. The predicted molar refractivity (Wildman–Crippen MR) is 79.5 cm³/mol. The lowest BCUT2D eigenvalue weighted by atomic mass is 10.1. The minimum Gasteiger partial charge on any atom is -0.310 e. The van der Waals surface area contributed by atoms with Crippen molar-refractivity contribution in [3.63, 3.8) is 0 Å². The van der Waals surface area contributed by atoms with Crippen molar-refractivity contribution >= 4 is 10.0 Å². The molecule has 0 aliphatic rings. The Balaban J connectivity index is 2.49. The monoisotopic (exact) mass is 320 g/mol. The van der Waals surface area contributed by atoms with Gasteiger partial charge in [0.1, 0.15) is 11.6 Å². The first-order valence-electron chi connectivity index (χ1n) is 6.89. The van der Waals surface area contributed by atoms with Crippen LogP contribution >= 0.6 is 0 Å². The third kappa shape index (κ3) is 5.33. The van der Waals surface area contributed by atoms with Crippen molar-refractivity contribution in [2.45, 2.75) is 26.3 Å². The van der Waals surface area contributed by atoms with Crippen LogP contribution in [0.4, 0.5) is 8.78 Å². The SMILES string of the molecule is CCN(CCCNC(C)c1c(F)cccc1F)S(C)(=O)=O. The average molecular weight is 320 g/mol. The van der Waals surface area contributed by atoms with E-state index in [9.17, 15) is 17.2 Å². The summed E-state index contributed by atoms with van der Waals surface area (Å²) in [7, 11) is -3.20. The van der Waals surface area contributed by atoms with Crippen LogP contribution in [0.25, 0.3) is 0 Å². The molecule has 0 amide bonds. The molecule has 21 heavy (non-hydrogen) atoms. The molecule has 1 aromatic rings. The lowest BCUT2D eigenvalue weighted by Gasteiger charge is -2.19. The Morgan fingerprint density at radius 1 is 1.29 bits per heavy atom. The van der Waals surface area contributed by atoms with E-state index in [1.807, 2.05) is 0 Å². The molecule has 0 heterocycles. The van der Waals surface area contributed by atoms with E-state index in [4.69, 9.17) is 0 Å². The molecule has 0 aliphatic carbocycles. The minimum atomic E-state index is -3.20. The van der Waals surface area contributed by atoms with E-state index in [1.165, 1.54) is 28.8 Å². The van der Waals surface area contributed by atoms with Crippen molar-refractivity contribution in [2.24, 2.45) is 0 Å². The zero-order valence-electron chi connectivity index (χ0n) is 12.6. The topological polar surface area (TPSA) is 49.4 Å². The molecule has 0 bridgehead atoms. The fourth-order valence-corrected chi connectivity index (χ4v) is 3.09. The van der Waals surface area contributed by atoms with E-state index < -0.39 is 27.7 Å². The second kappa shape index (κ2) is 7.82. The highest BCUT2D eigenvalue weighted by atomic mass is 32.2. The Hall–Kier alpha value is -1.05. The third-order valence-electron chi connectivity index (χ3n) is 3.29. The highest BCUT2D eigenvalue weighted by Crippen LogP contribution is 2.20. The van der Waals surface area contributed by atoms with Crippen LogP contribution in [0.5, 0.6) is 0 Å². The smallest absolute Gasteiger partial charge is 0.211 e. The van der Waals surface area contributed by atoms with Gasteiger partial charge in [-0.3, -0.25) is 0 Å². The molecule has 1 unspecified atom stereocenters. The van der Waals surface area contributed by atoms with Crippen LogP contribution in [0.1, 0.15) is 31.9 Å². The molecule has 0 spiro atoms. The number of nitrogens with zero attached hydrogens (tertiary/aromatic N) is 1. The summed E-state index contributed by atoms with van der Waals surface area (Å²) >= 11 is 0. The van der Waals surface area contributed by atoms with Crippen LogP contribution in [-0.4, -0.2) is 38.6 Å². The molecule has 1 N–H and O–H groups in total. The van der Waals surface area contributed by atoms with Gasteiger partial charge in [-0.15, -0.1) is 0 Å². The van der Waals surface area contributed by atoms with Crippen molar-refractivity contribution in [2.75, 3.05) is 25.9 Å². The van der Waals surface area contributed by atoms with Crippen LogP contribution < -0.4 is 5.32 Å². The molecule has 0 saturated carbocycles. The number of sulfonamides is 1. The van der Waals surface area contributed by atoms with Crippen LogP contribution in [-0.2, 0) is 10.0 Å². The highest BCUT2D eigenvalue weighted by molar-refractivity contribution is 7.88. The standard InChI is InChI=1S/C14H22F2N2O2S/c1-4-18(21(3,19)20)10-6-9-17-11(2)14-12(15)7-5-8-13(14)16/h5,7-8,11,17H,4,6,9-10H2,1-3H3. The van der Waals surface area contributed by atoms with Gasteiger partial charge in [-0.2, -0.15) is 0 Å². The molecule has 1 aromatic carbocycles. The summed E-state index contributed by atoms with van der Waals surface area (Å²) in [5.41, 5.74) is 0.00737. The van der Waals surface area contributed by atoms with E-state index in [2.05, 4.69) is 5.32 Å². The Kier molecular flexibility index (Phi) is 6.70. The Morgan fingerprint density at radius 3 is 2.33 bits per heavy atom. The molecule has 0 fully saturated rings. The van der Waals surface area contributed by atoms with Crippen molar-refractivity contribution in [3.8, 4) is 0 Å². The molecule has 1 atom stereocenters. The number of hydrogen-bond donors (Lipinski definition) is 1. The quantitative estimate of drug-likeness (QED) is 0.748. The zero-order chi connectivity index (χ0) is 16.0. The molecular weight excluding hydrogens is 298 g/mol. The number of hydrogen-bond acceptors (Lipinski definition) is 3. The Morgan fingerprint density at radius 2 is 1.86 bits per heavy atom. The van der Waals surface area contributed by atoms with E-state index in [-0.39, 0.29) is 5.56 Å². The first kappa shape index (κ1) is 18.0. The van der Waals surface area contributed by atoms with Crippen LogP contribution in [0.15, 0.2) is 18.2 Å². The fourth-order valence-electron chi connectivity index (χ4n) is 2.16. The van der Waals surface area contributed by atoms with Crippen LogP contribution in [0.2, 0.25) is 0 Å². The number of benzene rings is 1. The summed E-state index contributed by atoms with van der Waals surface area (Å²) in [5.74, 6) is -1.16. The zero-order valence-corrected chi connectivity index (χ0v) is 13.4. The fraction of sp³-hybridized carbons (Fsp3) is 0.571. The lowest BCUT2D eigenvalue weighted by molar-refractivity contribution is 0.409. The van der Waals surface area contributed by atoms with Crippen molar-refractivity contribution in [3.05, 3.63) is 35.4 Å². The molecule has 0 saturated heterocycles. The second-order valence-electron chi connectivity index (χ2n) is 4.92. The Labute approximate surface area is 125 Å². The maximum absolute atomic E-state index is 13.6. The van der Waals surface area contributed by atoms with Gasteiger partial charge in [-0.25, -0.2) is 21.5 Å². The van der Waals surface area contributed by atoms with Gasteiger partial charge in [0.2, 0.25) is 10.0 Å². The number of rotatable bonds is 8. The largest absolute Gasteiger partial charge is 0.310 e. The van der Waals surface area contributed by atoms with Gasteiger partial charge in [0.25, 0.3) is 0 Å². The van der Waals surface area contributed by atoms with E-state index in [0.717, 1.165) is 0 Å². The van der Waals surface area contributed by atoms with Gasteiger partial charge >= 0.3 is 0 Å². The highest BCUT2D eigenvalue weighted by Gasteiger charge is 2.16. The summed E-state index contributed by atoms with van der Waals surface area (Å²) < 4.78 is 51.3. The average Bonchev–Trinajstić information content (AvgIpc) is 2.36. The van der Waals surface area contributed by atoms with Crippen molar-refractivity contribution < 1.29 is 17.2 Å². The van der Waals surface area contributed by atoms with Crippen LogP contribution in [0.3, 0.4) is 0 Å². The molecule has 7 heteroatoms. The summed E-state index contributed by atoms with van der Waals surface area (Å²) in [4.78, 5) is 0. The summed E-state index contributed by atoms with van der Waals surface area (Å²) in [6.07, 6.45) is 1.74. The van der Waals surface area contributed by atoms with Gasteiger partial charge in [0.05, 0.1) is 6.26 Å². The van der Waals surface area contributed by atoms with Crippen LogP contribution in [0, 0.1) is 11.6 Å². The van der Waals surface area contributed by atoms with E-state index in [1.54, 1.807) is 13.8 Å². The van der Waals surface area contributed by atoms with Crippen molar-refractivity contribution in [1.29, 1.82) is 0 Å². The number of halogens is 2. The first-order chi connectivity index (χ1) is 9.77. The van der Waals surface area contributed by atoms with Gasteiger partial charge in [0.15, 0.2) is 0 Å². The normalized spacial score (nSPS) is 13.6. The molecule has 1 rings (SSSR count). The summed E-state index contributed by atoms with van der Waals surface area (Å²) in [5, 5.41) is 3.01. The van der Waals surface area contributed by atoms with Gasteiger partial charge in [-0.1, -0.05) is 13.0 Å². The maximum Gasteiger partial charge on any atom is 0.211 e. The third-order valence-corrected chi connectivity index (χ3v) is 4.67. The van der Waals surface area contributed by atoms with Gasteiger partial charge in [-0.05, 0) is 32.0 Å². The molecular formula is C14H22F2N2O2S. The minimum absolute atomic E-state index is 0.00737. The summed E-state index contributed by atoms with van der Waals surface area (Å²) in [6, 6.07) is 3.30. The summed E-state index contributed by atoms with van der Waals surface area (Å²) in [6.45, 7) is 4.72. The van der Waals surface area contributed by atoms with E-state index in [0.29, 0.717) is 26.1 Å². The molecule has 0 aromatic heterocycles. The lowest BCUT2D eigenvalue weighted by Crippen LogP contribution is -2.33. The Bertz CT molecular complexity index is 544. The molecule has 4 nitrogen and oxygen atoms in total. The molecule has 0 radical (unpaired) electrons.